The van der Waals surface area contributed by atoms with Gasteiger partial charge in [0.05, 0.1) is 20.8 Å². The van der Waals surface area contributed by atoms with E-state index in [-0.39, 0.29) is 23.7 Å². The van der Waals surface area contributed by atoms with Crippen molar-refractivity contribution in [1.29, 1.82) is 0 Å². The Morgan fingerprint density at radius 1 is 1.12 bits per heavy atom. The Labute approximate surface area is 148 Å². The molecule has 0 saturated carbocycles. The highest BCUT2D eigenvalue weighted by atomic mass is 32.2. The molecule has 9 heteroatoms. The highest BCUT2D eigenvalue weighted by Crippen LogP contribution is 2.31. The van der Waals surface area contributed by atoms with Crippen molar-refractivity contribution in [3.05, 3.63) is 18.2 Å². The molecule has 0 N–H and O–H groups in total. The number of rotatable bonds is 5. The molecule has 0 atom stereocenters. The van der Waals surface area contributed by atoms with Gasteiger partial charge >= 0.3 is 6.09 Å². The molecule has 1 aromatic rings. The third-order valence-corrected chi connectivity index (χ3v) is 5.91. The number of hydrogen-bond acceptors (Lipinski definition) is 6. The Hall–Kier alpha value is -2.00. The van der Waals surface area contributed by atoms with Gasteiger partial charge in [0.2, 0.25) is 10.0 Å². The Balaban J connectivity index is 2.21. The first kappa shape index (κ1) is 19.3. The summed E-state index contributed by atoms with van der Waals surface area (Å²) >= 11 is 0. The summed E-state index contributed by atoms with van der Waals surface area (Å²) in [5.41, 5.74) is 0. The van der Waals surface area contributed by atoms with Crippen molar-refractivity contribution in [2.75, 3.05) is 47.0 Å². The SMILES string of the molecule is CCOC(=O)N1CCCN(S(=O)(=O)c2ccc(OC)cc2OC)CC1. The van der Waals surface area contributed by atoms with Gasteiger partial charge in [-0.2, -0.15) is 4.31 Å². The zero-order valence-corrected chi connectivity index (χ0v) is 15.5. The van der Waals surface area contributed by atoms with Crippen molar-refractivity contribution in [1.82, 2.24) is 9.21 Å². The fourth-order valence-electron chi connectivity index (χ4n) is 2.66. The molecule has 0 spiro atoms. The van der Waals surface area contributed by atoms with Gasteiger partial charge in [-0.1, -0.05) is 0 Å². The van der Waals surface area contributed by atoms with Crippen molar-refractivity contribution < 1.29 is 27.4 Å². The maximum Gasteiger partial charge on any atom is 0.409 e. The van der Waals surface area contributed by atoms with Gasteiger partial charge in [0.25, 0.3) is 0 Å². The minimum Gasteiger partial charge on any atom is -0.497 e. The van der Waals surface area contributed by atoms with Crippen LogP contribution in [0.15, 0.2) is 23.1 Å². The first-order valence-electron chi connectivity index (χ1n) is 8.08. The molecule has 8 nitrogen and oxygen atoms in total. The molecule has 1 aliphatic heterocycles. The fraction of sp³-hybridized carbons (Fsp3) is 0.562. The monoisotopic (exact) mass is 372 g/mol. The summed E-state index contributed by atoms with van der Waals surface area (Å²) in [6.07, 6.45) is 0.125. The lowest BCUT2D eigenvalue weighted by atomic mass is 10.3. The van der Waals surface area contributed by atoms with Crippen LogP contribution in [0.5, 0.6) is 11.5 Å². The maximum atomic E-state index is 13.0. The Morgan fingerprint density at radius 3 is 2.52 bits per heavy atom. The van der Waals surface area contributed by atoms with Crippen molar-refractivity contribution in [2.24, 2.45) is 0 Å². The highest BCUT2D eigenvalue weighted by molar-refractivity contribution is 7.89. The quantitative estimate of drug-likeness (QED) is 0.780. The summed E-state index contributed by atoms with van der Waals surface area (Å²) in [5, 5.41) is 0. The van der Waals surface area contributed by atoms with Crippen LogP contribution < -0.4 is 9.47 Å². The molecule has 1 aromatic carbocycles. The molecule has 0 unspecified atom stereocenters. The molecule has 0 aliphatic carbocycles. The number of ether oxygens (including phenoxy) is 3. The zero-order chi connectivity index (χ0) is 18.4. The van der Waals surface area contributed by atoms with Crippen LogP contribution in [0.3, 0.4) is 0 Å². The van der Waals surface area contributed by atoms with E-state index in [1.165, 1.54) is 35.6 Å². The number of sulfonamides is 1. The number of hydrogen-bond donors (Lipinski definition) is 0. The lowest BCUT2D eigenvalue weighted by Gasteiger charge is -2.22. The molecule has 2 rings (SSSR count). The first-order valence-corrected chi connectivity index (χ1v) is 9.52. The van der Waals surface area contributed by atoms with Gasteiger partial charge in [-0.25, -0.2) is 13.2 Å². The third-order valence-electron chi connectivity index (χ3n) is 3.97. The second kappa shape index (κ2) is 8.39. The zero-order valence-electron chi connectivity index (χ0n) is 14.7. The standard InChI is InChI=1S/C16H24N2O6S/c1-4-24-16(19)17-8-5-9-18(11-10-17)25(20,21)15-7-6-13(22-2)12-14(15)23-3/h6-7,12H,4-5,8-11H2,1-3H3. The van der Waals surface area contributed by atoms with Crippen LogP contribution in [0.4, 0.5) is 4.79 Å². The third kappa shape index (κ3) is 4.35. The number of nitrogens with zero attached hydrogens (tertiary/aromatic N) is 2. The van der Waals surface area contributed by atoms with Gasteiger partial charge < -0.3 is 19.1 Å². The number of carbonyl (C=O) groups excluding carboxylic acids is 1. The van der Waals surface area contributed by atoms with Gasteiger partial charge in [0, 0.05) is 32.2 Å². The molecule has 1 aliphatic rings. The second-order valence-electron chi connectivity index (χ2n) is 5.46. The molecule has 1 fully saturated rings. The van der Waals surface area contributed by atoms with Crippen LogP contribution in [-0.2, 0) is 14.8 Å². The summed E-state index contributed by atoms with van der Waals surface area (Å²) in [7, 11) is -0.823. The molecule has 1 amide bonds. The fourth-order valence-corrected chi connectivity index (χ4v) is 4.26. The topological polar surface area (TPSA) is 85.4 Å². The van der Waals surface area contributed by atoms with Crippen LogP contribution in [0.2, 0.25) is 0 Å². The van der Waals surface area contributed by atoms with Crippen molar-refractivity contribution in [2.45, 2.75) is 18.2 Å². The molecule has 1 saturated heterocycles. The largest absolute Gasteiger partial charge is 0.497 e. The molecule has 0 radical (unpaired) electrons. The Bertz CT molecular complexity index is 707. The average Bonchev–Trinajstić information content (AvgIpc) is 2.88. The van der Waals surface area contributed by atoms with E-state index in [4.69, 9.17) is 14.2 Å². The van der Waals surface area contributed by atoms with Crippen molar-refractivity contribution >= 4 is 16.1 Å². The molecule has 1 heterocycles. The van der Waals surface area contributed by atoms with Gasteiger partial charge in [-0.3, -0.25) is 0 Å². The number of carbonyl (C=O) groups is 1. The highest BCUT2D eigenvalue weighted by Gasteiger charge is 2.31. The predicted molar refractivity (Wildman–Crippen MR) is 91.5 cm³/mol. The Kier molecular flexibility index (Phi) is 6.49. The Morgan fingerprint density at radius 2 is 1.88 bits per heavy atom. The van der Waals surface area contributed by atoms with E-state index in [0.717, 1.165) is 0 Å². The van der Waals surface area contributed by atoms with E-state index in [9.17, 15) is 13.2 Å². The van der Waals surface area contributed by atoms with E-state index < -0.39 is 16.1 Å². The molecule has 140 valence electrons. The van der Waals surface area contributed by atoms with Gasteiger partial charge in [0.1, 0.15) is 16.4 Å². The summed E-state index contributed by atoms with van der Waals surface area (Å²) in [6.45, 7) is 3.31. The molecule has 25 heavy (non-hydrogen) atoms. The smallest absolute Gasteiger partial charge is 0.409 e. The minimum atomic E-state index is -3.74. The summed E-state index contributed by atoms with van der Waals surface area (Å²) in [5.74, 6) is 0.742. The lowest BCUT2D eigenvalue weighted by molar-refractivity contribution is 0.109. The van der Waals surface area contributed by atoms with Crippen LogP contribution in [0, 0.1) is 0 Å². The van der Waals surface area contributed by atoms with Crippen LogP contribution >= 0.6 is 0 Å². The van der Waals surface area contributed by atoms with E-state index in [0.29, 0.717) is 31.9 Å². The van der Waals surface area contributed by atoms with Crippen LogP contribution in [-0.4, -0.2) is 70.7 Å². The minimum absolute atomic E-state index is 0.0837. The van der Waals surface area contributed by atoms with Crippen molar-refractivity contribution in [3.63, 3.8) is 0 Å². The van der Waals surface area contributed by atoms with E-state index in [1.807, 2.05) is 0 Å². The number of benzene rings is 1. The van der Waals surface area contributed by atoms with Gasteiger partial charge in [-0.15, -0.1) is 0 Å². The van der Waals surface area contributed by atoms with E-state index >= 15 is 0 Å². The van der Waals surface area contributed by atoms with Crippen LogP contribution in [0.1, 0.15) is 13.3 Å². The van der Waals surface area contributed by atoms with Gasteiger partial charge in [0.15, 0.2) is 0 Å². The van der Waals surface area contributed by atoms with Crippen LogP contribution in [0.25, 0.3) is 0 Å². The normalized spacial score (nSPS) is 16.2. The second-order valence-corrected chi connectivity index (χ2v) is 7.37. The average molecular weight is 372 g/mol. The molecule has 0 aromatic heterocycles. The molecule has 0 bridgehead atoms. The summed E-state index contributed by atoms with van der Waals surface area (Å²) in [4.78, 5) is 13.5. The molecular formula is C16H24N2O6S. The number of amides is 1. The van der Waals surface area contributed by atoms with Crippen molar-refractivity contribution in [3.8, 4) is 11.5 Å². The molecular weight excluding hydrogens is 348 g/mol. The number of methoxy groups -OCH3 is 2. The van der Waals surface area contributed by atoms with E-state index in [2.05, 4.69) is 0 Å². The summed E-state index contributed by atoms with van der Waals surface area (Å²) < 4.78 is 42.7. The van der Waals surface area contributed by atoms with Gasteiger partial charge in [-0.05, 0) is 25.5 Å². The van der Waals surface area contributed by atoms with E-state index in [1.54, 1.807) is 13.0 Å². The first-order chi connectivity index (χ1) is 11.9. The lowest BCUT2D eigenvalue weighted by Crippen LogP contribution is -2.37. The summed E-state index contributed by atoms with van der Waals surface area (Å²) in [6, 6.07) is 4.59. The predicted octanol–water partition coefficient (Wildman–Crippen LogP) is 1.56. The maximum absolute atomic E-state index is 13.0.